The molecular formula is C13H26N2O. The molecule has 0 aromatic rings. The van der Waals surface area contributed by atoms with Gasteiger partial charge in [0.15, 0.2) is 0 Å². The molecule has 0 aliphatic heterocycles. The van der Waals surface area contributed by atoms with Gasteiger partial charge in [0, 0.05) is 6.61 Å². The van der Waals surface area contributed by atoms with Crippen LogP contribution >= 0.6 is 0 Å². The van der Waals surface area contributed by atoms with E-state index < -0.39 is 0 Å². The lowest BCUT2D eigenvalue weighted by Crippen LogP contribution is -2.49. The van der Waals surface area contributed by atoms with Gasteiger partial charge in [-0.25, -0.2) is 0 Å². The maximum Gasteiger partial charge on any atom is 0.127 e. The molecule has 1 aliphatic rings. The Morgan fingerprint density at radius 2 is 1.81 bits per heavy atom. The predicted octanol–water partition coefficient (Wildman–Crippen LogP) is 2.88. The van der Waals surface area contributed by atoms with Crippen LogP contribution in [0.5, 0.6) is 0 Å². The largest absolute Gasteiger partial charge is 0.385 e. The number of amidine groups is 1. The first-order valence-electron chi connectivity index (χ1n) is 6.39. The minimum atomic E-state index is -0.277. The summed E-state index contributed by atoms with van der Waals surface area (Å²) in [5, 5.41) is 0. The summed E-state index contributed by atoms with van der Waals surface area (Å²) in [7, 11) is 0. The maximum absolute atomic E-state index is 6.18. The molecule has 0 amide bonds. The molecule has 94 valence electrons. The number of nitrogens with zero attached hydrogens (tertiary/aromatic N) is 1. The van der Waals surface area contributed by atoms with Crippen molar-refractivity contribution in [3.63, 3.8) is 0 Å². The highest BCUT2D eigenvalue weighted by Gasteiger charge is 2.37. The lowest BCUT2D eigenvalue weighted by atomic mass is 9.83. The van der Waals surface area contributed by atoms with Crippen molar-refractivity contribution in [3.8, 4) is 0 Å². The molecule has 1 saturated carbocycles. The fourth-order valence-electron chi connectivity index (χ4n) is 2.34. The minimum Gasteiger partial charge on any atom is -0.385 e. The van der Waals surface area contributed by atoms with E-state index in [1.807, 2.05) is 6.92 Å². The van der Waals surface area contributed by atoms with Gasteiger partial charge in [-0.1, -0.05) is 19.3 Å². The first kappa shape index (κ1) is 13.5. The Balaban J connectivity index is 2.87. The van der Waals surface area contributed by atoms with Crippen LogP contribution in [-0.4, -0.2) is 23.6 Å². The zero-order valence-electron chi connectivity index (χ0n) is 11.2. The molecule has 0 unspecified atom stereocenters. The lowest BCUT2D eigenvalue weighted by molar-refractivity contribution is -0.0123. The summed E-state index contributed by atoms with van der Waals surface area (Å²) in [4.78, 5) is 4.59. The first-order chi connectivity index (χ1) is 7.40. The van der Waals surface area contributed by atoms with Crippen molar-refractivity contribution < 1.29 is 4.74 Å². The minimum absolute atomic E-state index is 0.119. The van der Waals surface area contributed by atoms with Crippen molar-refractivity contribution >= 4 is 5.84 Å². The average Bonchev–Trinajstić information content (AvgIpc) is 2.17. The first-order valence-corrected chi connectivity index (χ1v) is 6.39. The Morgan fingerprint density at radius 3 is 2.25 bits per heavy atom. The molecule has 3 nitrogen and oxygen atoms in total. The van der Waals surface area contributed by atoms with Gasteiger partial charge in [0.2, 0.25) is 0 Å². The maximum atomic E-state index is 6.18. The van der Waals surface area contributed by atoms with Gasteiger partial charge in [0.05, 0.1) is 5.54 Å². The van der Waals surface area contributed by atoms with Crippen LogP contribution in [0, 0.1) is 0 Å². The smallest absolute Gasteiger partial charge is 0.127 e. The van der Waals surface area contributed by atoms with Gasteiger partial charge >= 0.3 is 0 Å². The molecule has 0 aromatic heterocycles. The van der Waals surface area contributed by atoms with Crippen LogP contribution < -0.4 is 5.73 Å². The van der Waals surface area contributed by atoms with E-state index in [0.717, 1.165) is 12.8 Å². The zero-order valence-corrected chi connectivity index (χ0v) is 11.2. The molecule has 1 aliphatic carbocycles. The molecule has 0 atom stereocenters. The van der Waals surface area contributed by atoms with E-state index in [-0.39, 0.29) is 11.1 Å². The third-order valence-corrected chi connectivity index (χ3v) is 3.00. The third-order valence-electron chi connectivity index (χ3n) is 3.00. The number of aliphatic imine (C=N–C) groups is 1. The van der Waals surface area contributed by atoms with Crippen molar-refractivity contribution in [1.29, 1.82) is 0 Å². The summed E-state index contributed by atoms with van der Waals surface area (Å²) in [6.45, 7) is 8.95. The Hall–Kier alpha value is -0.570. The van der Waals surface area contributed by atoms with Crippen LogP contribution in [0.15, 0.2) is 4.99 Å². The van der Waals surface area contributed by atoms with E-state index >= 15 is 0 Å². The summed E-state index contributed by atoms with van der Waals surface area (Å²) in [6.07, 6.45) is 5.72. The van der Waals surface area contributed by atoms with Crippen LogP contribution in [0.2, 0.25) is 0 Å². The molecule has 3 heteroatoms. The van der Waals surface area contributed by atoms with Crippen LogP contribution in [0.1, 0.15) is 59.8 Å². The molecule has 0 bridgehead atoms. The third kappa shape index (κ3) is 3.48. The van der Waals surface area contributed by atoms with E-state index in [2.05, 4.69) is 25.8 Å². The molecule has 0 saturated heterocycles. The van der Waals surface area contributed by atoms with Gasteiger partial charge in [0.1, 0.15) is 11.4 Å². The number of hydrogen-bond acceptors (Lipinski definition) is 2. The van der Waals surface area contributed by atoms with E-state index in [1.54, 1.807) is 0 Å². The van der Waals surface area contributed by atoms with E-state index in [1.165, 1.54) is 19.3 Å². The lowest BCUT2D eigenvalue weighted by Gasteiger charge is -2.37. The van der Waals surface area contributed by atoms with Gasteiger partial charge in [-0.15, -0.1) is 0 Å². The summed E-state index contributed by atoms with van der Waals surface area (Å²) in [5.41, 5.74) is 5.78. The average molecular weight is 226 g/mol. The highest BCUT2D eigenvalue weighted by atomic mass is 16.5. The summed E-state index contributed by atoms with van der Waals surface area (Å²) < 4.78 is 5.92. The summed E-state index contributed by atoms with van der Waals surface area (Å²) in [6, 6.07) is 0. The highest BCUT2D eigenvalue weighted by molar-refractivity contribution is 5.89. The monoisotopic (exact) mass is 226 g/mol. The van der Waals surface area contributed by atoms with E-state index in [9.17, 15) is 0 Å². The van der Waals surface area contributed by atoms with Crippen LogP contribution in [0.3, 0.4) is 0 Å². The second-order valence-corrected chi connectivity index (χ2v) is 5.66. The summed E-state index contributed by atoms with van der Waals surface area (Å²) >= 11 is 0. The van der Waals surface area contributed by atoms with Gasteiger partial charge < -0.3 is 10.5 Å². The van der Waals surface area contributed by atoms with E-state index in [4.69, 9.17) is 10.5 Å². The summed E-state index contributed by atoms with van der Waals surface area (Å²) in [5.74, 6) is 0.696. The van der Waals surface area contributed by atoms with Gasteiger partial charge in [-0.2, -0.15) is 0 Å². The molecule has 0 radical (unpaired) electrons. The molecule has 2 N–H and O–H groups in total. The number of nitrogens with two attached hydrogens (primary N) is 1. The van der Waals surface area contributed by atoms with Crippen molar-refractivity contribution in [2.24, 2.45) is 10.7 Å². The van der Waals surface area contributed by atoms with E-state index in [0.29, 0.717) is 12.4 Å². The van der Waals surface area contributed by atoms with Crippen LogP contribution in [0.4, 0.5) is 0 Å². The van der Waals surface area contributed by atoms with Crippen molar-refractivity contribution in [1.82, 2.24) is 0 Å². The topological polar surface area (TPSA) is 47.6 Å². The van der Waals surface area contributed by atoms with Gasteiger partial charge in [-0.05, 0) is 40.5 Å². The van der Waals surface area contributed by atoms with Gasteiger partial charge in [-0.3, -0.25) is 4.99 Å². The molecule has 0 heterocycles. The van der Waals surface area contributed by atoms with Crippen molar-refractivity contribution in [2.45, 2.75) is 70.9 Å². The van der Waals surface area contributed by atoms with Crippen molar-refractivity contribution in [3.05, 3.63) is 0 Å². The Kier molecular flexibility index (Phi) is 4.36. The zero-order chi connectivity index (χ0) is 12.2. The Bertz CT molecular complexity index is 242. The standard InChI is InChI=1S/C13H26N2O/c1-5-16-13(9-7-6-8-10-13)11(14)15-12(2,3)4/h5-10H2,1-4H3,(H2,14,15). The fraction of sp³-hybridized carbons (Fsp3) is 0.923. The molecule has 0 aromatic carbocycles. The van der Waals surface area contributed by atoms with Crippen LogP contribution in [0.25, 0.3) is 0 Å². The molecule has 1 fully saturated rings. The van der Waals surface area contributed by atoms with Gasteiger partial charge in [0.25, 0.3) is 0 Å². The molecular weight excluding hydrogens is 200 g/mol. The fourth-order valence-corrected chi connectivity index (χ4v) is 2.34. The highest BCUT2D eigenvalue weighted by Crippen LogP contribution is 2.32. The van der Waals surface area contributed by atoms with Crippen molar-refractivity contribution in [2.75, 3.05) is 6.61 Å². The quantitative estimate of drug-likeness (QED) is 0.594. The molecule has 0 spiro atoms. The Morgan fingerprint density at radius 1 is 1.25 bits per heavy atom. The normalized spacial score (nSPS) is 22.1. The number of hydrogen-bond donors (Lipinski definition) is 1. The predicted molar refractivity (Wildman–Crippen MR) is 68.8 cm³/mol. The molecule has 16 heavy (non-hydrogen) atoms. The number of ether oxygens (including phenoxy) is 1. The SMILES string of the molecule is CCOC1(C(N)=NC(C)(C)C)CCCCC1. The Labute approximate surface area is 99.5 Å². The molecule has 1 rings (SSSR count). The number of rotatable bonds is 3. The van der Waals surface area contributed by atoms with Crippen LogP contribution in [-0.2, 0) is 4.74 Å². The second-order valence-electron chi connectivity index (χ2n) is 5.66. The second kappa shape index (κ2) is 5.17.